The van der Waals surface area contributed by atoms with E-state index < -0.39 is 0 Å². The number of carbonyl (C=O) groups excluding carboxylic acids is 3. The normalized spacial score (nSPS) is 27.2. The van der Waals surface area contributed by atoms with Crippen LogP contribution in [0, 0.1) is 23.7 Å². The summed E-state index contributed by atoms with van der Waals surface area (Å²) < 4.78 is 5.18. The van der Waals surface area contributed by atoms with E-state index in [0.29, 0.717) is 18.0 Å². The molecule has 146 valence electrons. The summed E-state index contributed by atoms with van der Waals surface area (Å²) in [6.07, 6.45) is 9.73. The zero-order valence-electron chi connectivity index (χ0n) is 15.7. The number of imide groups is 1. The van der Waals surface area contributed by atoms with E-state index in [1.165, 1.54) is 11.0 Å². The lowest BCUT2D eigenvalue weighted by Crippen LogP contribution is -2.32. The molecule has 0 spiro atoms. The van der Waals surface area contributed by atoms with Crippen LogP contribution in [0.15, 0.2) is 65.3 Å². The van der Waals surface area contributed by atoms with Gasteiger partial charge in [0.1, 0.15) is 5.76 Å². The first-order valence-corrected chi connectivity index (χ1v) is 9.76. The average Bonchev–Trinajstić information content (AvgIpc) is 3.50. The number of fused-ring (bicyclic) bond motifs is 5. The second kappa shape index (κ2) is 6.88. The predicted octanol–water partition coefficient (Wildman–Crippen LogP) is 2.92. The lowest BCUT2D eigenvalue weighted by atomic mass is 9.85. The van der Waals surface area contributed by atoms with Gasteiger partial charge in [-0.15, -0.1) is 0 Å². The number of furan rings is 1. The van der Waals surface area contributed by atoms with Crippen molar-refractivity contribution in [1.82, 2.24) is 5.32 Å². The van der Waals surface area contributed by atoms with Gasteiger partial charge in [-0.05, 0) is 54.2 Å². The van der Waals surface area contributed by atoms with Gasteiger partial charge in [0.05, 0.1) is 30.3 Å². The van der Waals surface area contributed by atoms with Crippen molar-refractivity contribution in [2.24, 2.45) is 23.7 Å². The van der Waals surface area contributed by atoms with Gasteiger partial charge < -0.3 is 9.73 Å². The Labute approximate surface area is 167 Å². The number of rotatable bonds is 5. The highest BCUT2D eigenvalue weighted by molar-refractivity contribution is 6.22. The number of nitrogens with one attached hydrogen (secondary N) is 1. The highest BCUT2D eigenvalue weighted by atomic mass is 16.3. The number of hydrogen-bond acceptors (Lipinski definition) is 4. The topological polar surface area (TPSA) is 79.6 Å². The van der Waals surface area contributed by atoms with Gasteiger partial charge in [-0.3, -0.25) is 14.4 Å². The number of nitrogens with zero attached hydrogens (tertiary/aromatic N) is 1. The van der Waals surface area contributed by atoms with Crippen LogP contribution in [0.2, 0.25) is 0 Å². The molecule has 5 rings (SSSR count). The molecule has 2 fully saturated rings. The van der Waals surface area contributed by atoms with Gasteiger partial charge >= 0.3 is 0 Å². The molecule has 0 radical (unpaired) electrons. The molecule has 3 amide bonds. The molecule has 6 nitrogen and oxygen atoms in total. The molecule has 0 unspecified atom stereocenters. The van der Waals surface area contributed by atoms with Crippen molar-refractivity contribution < 1.29 is 18.8 Å². The predicted molar refractivity (Wildman–Crippen MR) is 106 cm³/mol. The summed E-state index contributed by atoms with van der Waals surface area (Å²) in [5.74, 6) is 0.155. The van der Waals surface area contributed by atoms with Crippen molar-refractivity contribution in [3.8, 4) is 0 Å². The second-order valence-corrected chi connectivity index (χ2v) is 7.74. The molecular formula is C23H20N2O4. The smallest absolute Gasteiger partial charge is 0.244 e. The molecule has 3 aliphatic rings. The molecule has 1 aliphatic heterocycles. The summed E-state index contributed by atoms with van der Waals surface area (Å²) in [4.78, 5) is 39.2. The number of amides is 3. The molecule has 2 bridgehead atoms. The van der Waals surface area contributed by atoms with Crippen molar-refractivity contribution in [2.45, 2.75) is 13.0 Å². The average molecular weight is 388 g/mol. The summed E-state index contributed by atoms with van der Waals surface area (Å²) in [6.45, 7) is 0.312. The van der Waals surface area contributed by atoms with Crippen molar-refractivity contribution in [3.63, 3.8) is 0 Å². The Morgan fingerprint density at radius 3 is 2.55 bits per heavy atom. The van der Waals surface area contributed by atoms with E-state index in [9.17, 15) is 14.4 Å². The summed E-state index contributed by atoms with van der Waals surface area (Å²) >= 11 is 0. The molecule has 1 aromatic heterocycles. The zero-order valence-corrected chi connectivity index (χ0v) is 15.7. The highest BCUT2D eigenvalue weighted by Gasteiger charge is 2.59. The van der Waals surface area contributed by atoms with E-state index in [4.69, 9.17) is 4.42 Å². The van der Waals surface area contributed by atoms with Gasteiger partial charge in [0.2, 0.25) is 17.7 Å². The third-order valence-electron chi connectivity index (χ3n) is 6.04. The minimum atomic E-state index is -0.252. The number of allylic oxidation sites excluding steroid dienone is 2. The Bertz CT molecular complexity index is 1010. The van der Waals surface area contributed by atoms with Crippen LogP contribution in [0.3, 0.4) is 0 Å². The molecule has 4 atom stereocenters. The van der Waals surface area contributed by atoms with Crippen molar-refractivity contribution >= 4 is 29.5 Å². The molecule has 2 heterocycles. The lowest BCUT2D eigenvalue weighted by molar-refractivity contribution is -0.123. The fourth-order valence-electron chi connectivity index (χ4n) is 4.74. The molecule has 1 saturated heterocycles. The van der Waals surface area contributed by atoms with Crippen LogP contribution in [0.25, 0.3) is 6.08 Å². The first-order chi connectivity index (χ1) is 14.1. The van der Waals surface area contributed by atoms with E-state index in [-0.39, 0.29) is 41.4 Å². The molecule has 1 aromatic carbocycles. The third kappa shape index (κ3) is 3.01. The fraction of sp³-hybridized carbons (Fsp3) is 0.261. The number of benzene rings is 1. The highest BCUT2D eigenvalue weighted by Crippen LogP contribution is 2.53. The van der Waals surface area contributed by atoms with Crippen LogP contribution < -0.4 is 10.2 Å². The Morgan fingerprint density at radius 1 is 1.10 bits per heavy atom. The lowest BCUT2D eigenvalue weighted by Gasteiger charge is -2.17. The fourth-order valence-corrected chi connectivity index (χ4v) is 4.74. The Hall–Kier alpha value is -3.41. The first kappa shape index (κ1) is 17.7. The largest absolute Gasteiger partial charge is 0.467 e. The molecule has 6 heteroatoms. The van der Waals surface area contributed by atoms with Gasteiger partial charge in [0.25, 0.3) is 0 Å². The van der Waals surface area contributed by atoms with Crippen molar-refractivity contribution in [1.29, 1.82) is 0 Å². The van der Waals surface area contributed by atoms with Gasteiger partial charge in [0, 0.05) is 6.08 Å². The maximum atomic E-state index is 12.9. The Balaban J connectivity index is 1.29. The number of carbonyl (C=O) groups is 3. The summed E-state index contributed by atoms with van der Waals surface area (Å²) in [5, 5.41) is 2.74. The summed E-state index contributed by atoms with van der Waals surface area (Å²) in [7, 11) is 0. The van der Waals surface area contributed by atoms with Crippen LogP contribution in [0.1, 0.15) is 17.7 Å². The molecule has 1 saturated carbocycles. The van der Waals surface area contributed by atoms with E-state index in [2.05, 4.69) is 17.5 Å². The van der Waals surface area contributed by atoms with Crippen LogP contribution in [0.5, 0.6) is 0 Å². The van der Waals surface area contributed by atoms with Crippen LogP contribution in [-0.2, 0) is 20.9 Å². The SMILES string of the molecule is O=C(/C=C/c1cccc(N2C(=O)[C@H]3[C@H](C2=O)[C@H]2C=C[C@H]3C2)c1)NCc1ccco1. The Kier molecular flexibility index (Phi) is 4.19. The van der Waals surface area contributed by atoms with Gasteiger partial charge in [0.15, 0.2) is 0 Å². The number of hydrogen-bond donors (Lipinski definition) is 1. The third-order valence-corrected chi connectivity index (χ3v) is 6.04. The van der Waals surface area contributed by atoms with E-state index in [1.807, 2.05) is 6.07 Å². The molecule has 29 heavy (non-hydrogen) atoms. The molecule has 2 aromatic rings. The first-order valence-electron chi connectivity index (χ1n) is 9.76. The summed E-state index contributed by atoms with van der Waals surface area (Å²) in [6, 6.07) is 10.7. The minimum absolute atomic E-state index is 0.103. The molecular weight excluding hydrogens is 368 g/mol. The van der Waals surface area contributed by atoms with E-state index in [1.54, 1.807) is 42.7 Å². The molecule has 1 N–H and O–H groups in total. The standard InChI is InChI=1S/C23H20N2O4/c26-19(24-13-18-5-2-10-29-18)9-6-14-3-1-4-17(11-14)25-22(27)20-15-7-8-16(12-15)21(20)23(25)28/h1-11,15-16,20-21H,12-13H2,(H,24,26)/b9-6+/t15-,16-,20+,21+/m0/s1. The van der Waals surface area contributed by atoms with Gasteiger partial charge in [-0.25, -0.2) is 4.90 Å². The number of anilines is 1. The zero-order chi connectivity index (χ0) is 20.0. The Morgan fingerprint density at radius 2 is 1.86 bits per heavy atom. The minimum Gasteiger partial charge on any atom is -0.467 e. The van der Waals surface area contributed by atoms with Crippen LogP contribution in [0.4, 0.5) is 5.69 Å². The van der Waals surface area contributed by atoms with Crippen molar-refractivity contribution in [2.75, 3.05) is 4.90 Å². The van der Waals surface area contributed by atoms with Crippen LogP contribution >= 0.6 is 0 Å². The summed E-state index contributed by atoms with van der Waals surface area (Å²) in [5.41, 5.74) is 1.31. The van der Waals surface area contributed by atoms with Gasteiger partial charge in [-0.2, -0.15) is 0 Å². The monoisotopic (exact) mass is 388 g/mol. The van der Waals surface area contributed by atoms with E-state index >= 15 is 0 Å². The van der Waals surface area contributed by atoms with E-state index in [0.717, 1.165) is 12.0 Å². The van der Waals surface area contributed by atoms with Crippen molar-refractivity contribution in [3.05, 3.63) is 72.2 Å². The second-order valence-electron chi connectivity index (χ2n) is 7.74. The quantitative estimate of drug-likeness (QED) is 0.485. The van der Waals surface area contributed by atoms with Crippen LogP contribution in [-0.4, -0.2) is 17.7 Å². The van der Waals surface area contributed by atoms with Gasteiger partial charge in [-0.1, -0.05) is 24.3 Å². The maximum Gasteiger partial charge on any atom is 0.244 e. The molecule has 2 aliphatic carbocycles. The maximum absolute atomic E-state index is 12.9.